The van der Waals surface area contributed by atoms with Crippen molar-refractivity contribution in [3.8, 4) is 5.75 Å². The third-order valence-electron chi connectivity index (χ3n) is 6.66. The number of amides is 4. The predicted octanol–water partition coefficient (Wildman–Crippen LogP) is -1.53. The number of aromatic hydroxyl groups is 1. The van der Waals surface area contributed by atoms with Crippen LogP contribution in [-0.2, 0) is 30.4 Å². The quantitative estimate of drug-likeness (QED) is 0.0907. The highest BCUT2D eigenvalue weighted by atomic mass is 16.4. The maximum absolute atomic E-state index is 13.4. The van der Waals surface area contributed by atoms with Crippen LogP contribution in [0.15, 0.2) is 24.3 Å². The Morgan fingerprint density at radius 2 is 1.46 bits per heavy atom. The average Bonchev–Trinajstić information content (AvgIpc) is 2.94. The number of aliphatic carboxylic acids is 1. The van der Waals surface area contributed by atoms with Gasteiger partial charge in [0.1, 0.15) is 29.9 Å². The summed E-state index contributed by atoms with van der Waals surface area (Å²) in [5.41, 5.74) is 11.9. The van der Waals surface area contributed by atoms with Crippen molar-refractivity contribution < 1.29 is 39.3 Å². The number of unbranched alkanes of at least 4 members (excludes halogenated alkanes) is 1. The van der Waals surface area contributed by atoms with Crippen LogP contribution in [0.1, 0.15) is 52.0 Å². The molecule has 0 bridgehead atoms. The predicted molar refractivity (Wildman–Crippen MR) is 150 cm³/mol. The second-order valence-corrected chi connectivity index (χ2v) is 10.0. The summed E-state index contributed by atoms with van der Waals surface area (Å²) in [5, 5.41) is 38.0. The van der Waals surface area contributed by atoms with Crippen LogP contribution >= 0.6 is 0 Å². The minimum absolute atomic E-state index is 0.0118. The third-order valence-corrected chi connectivity index (χ3v) is 6.66. The Hall–Kier alpha value is -3.75. The SMILES string of the molecule is CC[C@H](C)[C@H](NC(=O)[C@H](C)NC(=O)[C@@H](N)CCCCN)C(=O)N[C@@H](Cc1ccc(O)cc1)C(=O)N[C@@H](CO)C(=O)O. The van der Waals surface area contributed by atoms with Crippen LogP contribution in [0.25, 0.3) is 0 Å². The lowest BCUT2D eigenvalue weighted by Gasteiger charge is -2.28. The molecule has 6 atom stereocenters. The molecule has 1 aromatic rings. The number of aliphatic hydroxyl groups is 1. The molecular weight excluding hydrogens is 536 g/mol. The number of hydrogen-bond acceptors (Lipinski definition) is 9. The Morgan fingerprint density at radius 3 is 2.00 bits per heavy atom. The van der Waals surface area contributed by atoms with Gasteiger partial charge in [-0.05, 0) is 49.9 Å². The van der Waals surface area contributed by atoms with Gasteiger partial charge in [0.15, 0.2) is 0 Å². The summed E-state index contributed by atoms with van der Waals surface area (Å²) in [7, 11) is 0. The van der Waals surface area contributed by atoms with E-state index in [1.165, 1.54) is 31.2 Å². The van der Waals surface area contributed by atoms with Crippen molar-refractivity contribution in [1.82, 2.24) is 21.3 Å². The molecule has 230 valence electrons. The summed E-state index contributed by atoms with van der Waals surface area (Å²) in [5.74, 6) is -4.60. The van der Waals surface area contributed by atoms with Crippen molar-refractivity contribution in [3.05, 3.63) is 29.8 Å². The summed E-state index contributed by atoms with van der Waals surface area (Å²) in [6.07, 6.45) is 2.17. The number of hydrogen-bond donors (Lipinski definition) is 9. The smallest absolute Gasteiger partial charge is 0.328 e. The molecule has 0 aliphatic heterocycles. The van der Waals surface area contributed by atoms with Crippen molar-refractivity contribution in [2.45, 2.75) is 83.1 Å². The number of carbonyl (C=O) groups is 5. The van der Waals surface area contributed by atoms with Crippen molar-refractivity contribution in [3.63, 3.8) is 0 Å². The molecule has 0 aliphatic carbocycles. The van der Waals surface area contributed by atoms with Gasteiger partial charge in [0, 0.05) is 6.42 Å². The Bertz CT molecular complexity index is 1020. The molecule has 1 rings (SSSR count). The Morgan fingerprint density at radius 1 is 0.854 bits per heavy atom. The molecule has 0 saturated heterocycles. The molecule has 0 heterocycles. The summed E-state index contributed by atoms with van der Waals surface area (Å²) in [4.78, 5) is 63.1. The van der Waals surface area contributed by atoms with E-state index in [1.807, 2.05) is 6.92 Å². The number of aliphatic hydroxyl groups excluding tert-OH is 1. The van der Waals surface area contributed by atoms with Crippen LogP contribution < -0.4 is 32.7 Å². The first kappa shape index (κ1) is 35.3. The molecule has 0 aliphatic rings. The first-order valence-corrected chi connectivity index (χ1v) is 13.6. The van der Waals surface area contributed by atoms with Crippen LogP contribution in [0.4, 0.5) is 0 Å². The Kier molecular flexibility index (Phi) is 15.3. The second-order valence-electron chi connectivity index (χ2n) is 10.0. The summed E-state index contributed by atoms with van der Waals surface area (Å²) in [6, 6.07) is 0.0173. The zero-order valence-electron chi connectivity index (χ0n) is 23.8. The molecule has 0 fully saturated rings. The molecule has 0 aromatic heterocycles. The van der Waals surface area contributed by atoms with E-state index in [-0.39, 0.29) is 18.1 Å². The van der Waals surface area contributed by atoms with E-state index in [0.29, 0.717) is 37.8 Å². The highest BCUT2D eigenvalue weighted by molar-refractivity contribution is 5.95. The highest BCUT2D eigenvalue weighted by Crippen LogP contribution is 2.13. The minimum Gasteiger partial charge on any atom is -0.508 e. The largest absolute Gasteiger partial charge is 0.508 e. The van der Waals surface area contributed by atoms with E-state index in [9.17, 15) is 39.3 Å². The number of phenols is 1. The van der Waals surface area contributed by atoms with Crippen LogP contribution in [0.2, 0.25) is 0 Å². The van der Waals surface area contributed by atoms with Crippen molar-refractivity contribution in [2.75, 3.05) is 13.2 Å². The zero-order chi connectivity index (χ0) is 31.1. The topological polar surface area (TPSA) is 246 Å². The number of carboxylic acid groups (broad SMARTS) is 1. The zero-order valence-corrected chi connectivity index (χ0v) is 23.8. The van der Waals surface area contributed by atoms with Gasteiger partial charge < -0.3 is 48.1 Å². The van der Waals surface area contributed by atoms with Gasteiger partial charge in [0.05, 0.1) is 12.6 Å². The van der Waals surface area contributed by atoms with E-state index < -0.39 is 66.4 Å². The van der Waals surface area contributed by atoms with E-state index in [0.717, 1.165) is 0 Å². The lowest BCUT2D eigenvalue weighted by molar-refractivity contribution is -0.143. The Balaban J connectivity index is 3.05. The molecule has 4 amide bonds. The number of phenolic OH excluding ortho intramolecular Hbond substituents is 1. The summed E-state index contributed by atoms with van der Waals surface area (Å²) < 4.78 is 0. The molecule has 1 aromatic carbocycles. The van der Waals surface area contributed by atoms with Crippen molar-refractivity contribution in [1.29, 1.82) is 0 Å². The van der Waals surface area contributed by atoms with Crippen LogP contribution in [0.3, 0.4) is 0 Å². The molecule has 11 N–H and O–H groups in total. The van der Waals surface area contributed by atoms with E-state index in [4.69, 9.17) is 11.5 Å². The molecule has 0 unspecified atom stereocenters. The minimum atomic E-state index is -1.60. The maximum Gasteiger partial charge on any atom is 0.328 e. The van der Waals surface area contributed by atoms with Gasteiger partial charge in [-0.3, -0.25) is 19.2 Å². The molecule has 0 radical (unpaired) electrons. The fourth-order valence-electron chi connectivity index (χ4n) is 3.80. The number of benzene rings is 1. The number of nitrogens with two attached hydrogens (primary N) is 2. The standard InChI is InChI=1S/C27H44N6O8/c1-4-15(2)22(33-23(36)16(3)30-24(37)19(29)7-5-6-12-28)26(39)31-20(13-17-8-10-18(35)11-9-17)25(38)32-21(14-34)27(40)41/h8-11,15-16,19-22,34-35H,4-7,12-14,28-29H2,1-3H3,(H,30,37)(H,31,39)(H,32,38)(H,33,36)(H,40,41)/t15-,16-,19-,20-,21-,22-/m0/s1. The van der Waals surface area contributed by atoms with Gasteiger partial charge >= 0.3 is 5.97 Å². The number of nitrogens with one attached hydrogen (secondary N) is 4. The van der Waals surface area contributed by atoms with E-state index >= 15 is 0 Å². The molecule has 0 saturated carbocycles. The molecule has 0 spiro atoms. The first-order chi connectivity index (χ1) is 19.3. The van der Waals surface area contributed by atoms with Gasteiger partial charge in [-0.25, -0.2) is 4.79 Å². The third kappa shape index (κ3) is 12.1. The molecular formula is C27H44N6O8. The summed E-state index contributed by atoms with van der Waals surface area (Å²) in [6.45, 7) is 4.59. The fraction of sp³-hybridized carbons (Fsp3) is 0.593. The van der Waals surface area contributed by atoms with Gasteiger partial charge in [-0.2, -0.15) is 0 Å². The maximum atomic E-state index is 13.4. The van der Waals surface area contributed by atoms with Crippen LogP contribution in [0.5, 0.6) is 5.75 Å². The average molecular weight is 581 g/mol. The fourth-order valence-corrected chi connectivity index (χ4v) is 3.80. The van der Waals surface area contributed by atoms with Gasteiger partial charge in [-0.15, -0.1) is 0 Å². The van der Waals surface area contributed by atoms with Crippen LogP contribution in [0, 0.1) is 5.92 Å². The number of rotatable bonds is 18. The van der Waals surface area contributed by atoms with Crippen LogP contribution in [-0.4, -0.2) is 88.3 Å². The van der Waals surface area contributed by atoms with E-state index in [1.54, 1.807) is 6.92 Å². The van der Waals surface area contributed by atoms with Crippen molar-refractivity contribution in [2.24, 2.45) is 17.4 Å². The molecule has 41 heavy (non-hydrogen) atoms. The van der Waals surface area contributed by atoms with Crippen molar-refractivity contribution >= 4 is 29.6 Å². The lowest BCUT2D eigenvalue weighted by atomic mass is 9.96. The number of carboxylic acids is 1. The van der Waals surface area contributed by atoms with Gasteiger partial charge in [0.2, 0.25) is 23.6 Å². The first-order valence-electron chi connectivity index (χ1n) is 13.6. The van der Waals surface area contributed by atoms with Gasteiger partial charge in [0.25, 0.3) is 0 Å². The Labute approximate surface area is 239 Å². The normalized spacial score (nSPS) is 15.4. The number of carbonyl (C=O) groups excluding carboxylic acids is 4. The lowest BCUT2D eigenvalue weighted by Crippen LogP contribution is -2.60. The second kappa shape index (κ2) is 17.8. The highest BCUT2D eigenvalue weighted by Gasteiger charge is 2.33. The van der Waals surface area contributed by atoms with E-state index in [2.05, 4.69) is 21.3 Å². The van der Waals surface area contributed by atoms with Gasteiger partial charge in [-0.1, -0.05) is 38.8 Å². The molecule has 14 nitrogen and oxygen atoms in total. The molecule has 14 heteroatoms. The summed E-state index contributed by atoms with van der Waals surface area (Å²) >= 11 is 0. The monoisotopic (exact) mass is 580 g/mol.